The van der Waals surface area contributed by atoms with E-state index >= 15 is 0 Å². The summed E-state index contributed by atoms with van der Waals surface area (Å²) in [5.74, 6) is 0.547. The first-order chi connectivity index (χ1) is 14.6. The monoisotopic (exact) mass is 503 g/mol. The van der Waals surface area contributed by atoms with E-state index in [0.717, 1.165) is 0 Å². The Morgan fingerprint density at radius 2 is 1.58 bits per heavy atom. The lowest BCUT2D eigenvalue weighted by Crippen LogP contribution is -2.56. The number of carbonyl (C=O) groups excluding carboxylic acids is 2. The van der Waals surface area contributed by atoms with Crippen molar-refractivity contribution >= 4 is 69.5 Å². The molecule has 0 aliphatic rings. The van der Waals surface area contributed by atoms with Gasteiger partial charge in [-0.15, -0.1) is 0 Å². The van der Waals surface area contributed by atoms with Crippen LogP contribution < -0.4 is 25.4 Å². The average molecular weight is 505 g/mol. The van der Waals surface area contributed by atoms with Gasteiger partial charge in [0.2, 0.25) is 3.79 Å². The molecule has 0 unspecified atom stereocenters. The zero-order valence-corrected chi connectivity index (χ0v) is 19.7. The van der Waals surface area contributed by atoms with E-state index < -0.39 is 15.9 Å². The number of alkyl halides is 3. The van der Waals surface area contributed by atoms with Crippen LogP contribution in [0.3, 0.4) is 0 Å². The van der Waals surface area contributed by atoms with Gasteiger partial charge in [0.1, 0.15) is 17.7 Å². The van der Waals surface area contributed by atoms with Crippen LogP contribution in [0.2, 0.25) is 0 Å². The molecule has 11 heteroatoms. The number of ketones is 1. The highest BCUT2D eigenvalue weighted by Crippen LogP contribution is 2.29. The minimum atomic E-state index is -1.90. The van der Waals surface area contributed by atoms with E-state index in [1.807, 2.05) is 0 Å². The highest BCUT2D eigenvalue weighted by Gasteiger charge is 2.34. The van der Waals surface area contributed by atoms with Crippen LogP contribution in [-0.2, 0) is 4.79 Å². The molecule has 0 aliphatic heterocycles. The smallest absolute Gasteiger partial charge is 0.259 e. The molecule has 0 bridgehead atoms. The molecule has 0 saturated carbocycles. The first-order valence-electron chi connectivity index (χ1n) is 8.90. The van der Waals surface area contributed by atoms with Crippen molar-refractivity contribution in [2.24, 2.45) is 0 Å². The molecule has 0 aromatic heterocycles. The lowest BCUT2D eigenvalue weighted by Gasteiger charge is -2.27. The van der Waals surface area contributed by atoms with Gasteiger partial charge in [0.15, 0.2) is 17.5 Å². The van der Waals surface area contributed by atoms with Crippen molar-refractivity contribution in [3.8, 4) is 11.5 Å². The summed E-state index contributed by atoms with van der Waals surface area (Å²) in [6.07, 6.45) is -1.14. The van der Waals surface area contributed by atoms with Gasteiger partial charge >= 0.3 is 0 Å². The molecular weight excluding hydrogens is 485 g/mol. The van der Waals surface area contributed by atoms with Crippen molar-refractivity contribution in [2.75, 3.05) is 19.0 Å². The summed E-state index contributed by atoms with van der Waals surface area (Å²) in [7, 11) is 1.55. The van der Waals surface area contributed by atoms with Gasteiger partial charge in [-0.1, -0.05) is 34.8 Å². The summed E-state index contributed by atoms with van der Waals surface area (Å²) >= 11 is 23.1. The third-order valence-corrected chi connectivity index (χ3v) is 4.76. The Hall–Kier alpha value is -2.26. The molecule has 2 rings (SSSR count). The van der Waals surface area contributed by atoms with Gasteiger partial charge in [-0.3, -0.25) is 9.59 Å². The maximum Gasteiger partial charge on any atom is 0.259 e. The third-order valence-electron chi connectivity index (χ3n) is 3.89. The Balaban J connectivity index is 1.92. The van der Waals surface area contributed by atoms with Gasteiger partial charge in [0.05, 0.1) is 7.11 Å². The van der Waals surface area contributed by atoms with Crippen molar-refractivity contribution in [1.29, 1.82) is 0 Å². The van der Waals surface area contributed by atoms with E-state index in [4.69, 9.17) is 56.5 Å². The van der Waals surface area contributed by atoms with Crippen LogP contribution in [0.15, 0.2) is 48.5 Å². The molecule has 0 spiro atoms. The second kappa shape index (κ2) is 11.4. The van der Waals surface area contributed by atoms with Gasteiger partial charge in [0.25, 0.3) is 5.91 Å². The second-order valence-electron chi connectivity index (χ2n) is 6.24. The third kappa shape index (κ3) is 8.41. The van der Waals surface area contributed by atoms with E-state index in [9.17, 15) is 9.59 Å². The number of nitrogens with one attached hydrogen (secondary N) is 3. The molecule has 0 radical (unpaired) electrons. The maximum atomic E-state index is 12.3. The van der Waals surface area contributed by atoms with Crippen molar-refractivity contribution in [1.82, 2.24) is 10.6 Å². The van der Waals surface area contributed by atoms with E-state index in [2.05, 4.69) is 16.0 Å². The molecule has 0 fully saturated rings. The van der Waals surface area contributed by atoms with Crippen LogP contribution in [0.5, 0.6) is 11.5 Å². The SMILES string of the molecule is COc1ccc(OCC(=O)N[C@@H](NC(=S)Nc2ccc(C(C)=O)cc2)C(Cl)(Cl)Cl)cc1. The quantitative estimate of drug-likeness (QED) is 0.216. The molecule has 31 heavy (non-hydrogen) atoms. The molecule has 3 N–H and O–H groups in total. The number of ether oxygens (including phenoxy) is 2. The number of hydrogen-bond donors (Lipinski definition) is 3. The summed E-state index contributed by atoms with van der Waals surface area (Å²) in [5, 5.41) is 8.25. The van der Waals surface area contributed by atoms with Crippen molar-refractivity contribution in [2.45, 2.75) is 16.9 Å². The Morgan fingerprint density at radius 1 is 1.00 bits per heavy atom. The first-order valence-corrected chi connectivity index (χ1v) is 10.4. The second-order valence-corrected chi connectivity index (χ2v) is 9.02. The fourth-order valence-electron chi connectivity index (χ4n) is 2.31. The highest BCUT2D eigenvalue weighted by atomic mass is 35.6. The number of hydrogen-bond acceptors (Lipinski definition) is 5. The van der Waals surface area contributed by atoms with Gasteiger partial charge in [-0.2, -0.15) is 0 Å². The Bertz CT molecular complexity index is 919. The molecular formula is C20H20Cl3N3O4S. The minimum Gasteiger partial charge on any atom is -0.497 e. The normalized spacial score (nSPS) is 11.8. The molecule has 0 heterocycles. The number of anilines is 1. The van der Waals surface area contributed by atoms with E-state index in [1.165, 1.54) is 6.92 Å². The van der Waals surface area contributed by atoms with Crippen molar-refractivity contribution < 1.29 is 19.1 Å². The number of benzene rings is 2. The van der Waals surface area contributed by atoms with Crippen LogP contribution in [0.1, 0.15) is 17.3 Å². The Labute approximate surface area is 200 Å². The number of amides is 1. The fraction of sp³-hybridized carbons (Fsp3) is 0.250. The largest absolute Gasteiger partial charge is 0.497 e. The first kappa shape index (κ1) is 25.0. The number of rotatable bonds is 8. The highest BCUT2D eigenvalue weighted by molar-refractivity contribution is 7.80. The average Bonchev–Trinajstić information content (AvgIpc) is 2.72. The number of carbonyl (C=O) groups is 2. The van der Waals surface area contributed by atoms with E-state index in [0.29, 0.717) is 22.7 Å². The lowest BCUT2D eigenvalue weighted by atomic mass is 10.1. The van der Waals surface area contributed by atoms with E-state index in [1.54, 1.807) is 55.6 Å². The number of halogens is 3. The summed E-state index contributed by atoms with van der Waals surface area (Å²) in [5.41, 5.74) is 1.17. The van der Waals surface area contributed by atoms with Crippen LogP contribution in [0.4, 0.5) is 5.69 Å². The van der Waals surface area contributed by atoms with Crippen LogP contribution in [-0.4, -0.2) is 40.5 Å². The lowest BCUT2D eigenvalue weighted by molar-refractivity contribution is -0.123. The van der Waals surface area contributed by atoms with Crippen LogP contribution in [0, 0.1) is 0 Å². The standard InChI is InChI=1S/C20H20Cl3N3O4S/c1-12(27)13-3-5-14(6-4-13)24-19(31)26-18(20(21,22)23)25-17(28)11-30-16-9-7-15(29-2)8-10-16/h3-10,18H,11H2,1-2H3,(H,25,28)(H2,24,26,31)/t18-/m0/s1. The van der Waals surface area contributed by atoms with E-state index in [-0.39, 0.29) is 17.5 Å². The molecule has 1 atom stereocenters. The predicted octanol–water partition coefficient (Wildman–Crippen LogP) is 4.08. The number of Topliss-reactive ketones (excluding diaryl/α,β-unsaturated/α-hetero) is 1. The summed E-state index contributed by atoms with van der Waals surface area (Å²) in [6.45, 7) is 1.17. The van der Waals surface area contributed by atoms with Crippen molar-refractivity contribution in [3.05, 3.63) is 54.1 Å². The number of thiocarbonyl (C=S) groups is 1. The molecule has 1 amide bonds. The zero-order valence-electron chi connectivity index (χ0n) is 16.6. The predicted molar refractivity (Wildman–Crippen MR) is 127 cm³/mol. The molecule has 7 nitrogen and oxygen atoms in total. The van der Waals surface area contributed by atoms with Gasteiger partial charge in [-0.25, -0.2) is 0 Å². The maximum absolute atomic E-state index is 12.3. The van der Waals surface area contributed by atoms with Gasteiger partial charge < -0.3 is 25.4 Å². The summed E-state index contributed by atoms with van der Waals surface area (Å²) in [4.78, 5) is 23.6. The fourth-order valence-corrected chi connectivity index (χ4v) is 2.87. The topological polar surface area (TPSA) is 88.7 Å². The number of methoxy groups -OCH3 is 1. The van der Waals surface area contributed by atoms with Crippen LogP contribution in [0.25, 0.3) is 0 Å². The molecule has 2 aromatic carbocycles. The molecule has 0 saturated heterocycles. The molecule has 166 valence electrons. The van der Waals surface area contributed by atoms with Crippen molar-refractivity contribution in [3.63, 3.8) is 0 Å². The summed E-state index contributed by atoms with van der Waals surface area (Å²) < 4.78 is 8.57. The summed E-state index contributed by atoms with van der Waals surface area (Å²) in [6, 6.07) is 13.4. The van der Waals surface area contributed by atoms with Gasteiger partial charge in [-0.05, 0) is 67.7 Å². The molecule has 2 aromatic rings. The van der Waals surface area contributed by atoms with Gasteiger partial charge in [0, 0.05) is 11.3 Å². The minimum absolute atomic E-state index is 0.0527. The Morgan fingerprint density at radius 3 is 2.10 bits per heavy atom. The molecule has 0 aliphatic carbocycles. The zero-order chi connectivity index (χ0) is 23.0. The van der Waals surface area contributed by atoms with Crippen LogP contribution >= 0.6 is 47.0 Å². The Kier molecular flexibility index (Phi) is 9.18.